The largest absolute Gasteiger partial charge is 0.491 e. The fraction of sp³-hybridized carbons (Fsp3) is 0.571. The Morgan fingerprint density at radius 1 is 1.11 bits per heavy atom. The molecule has 19 heavy (non-hydrogen) atoms. The van der Waals surface area contributed by atoms with Crippen molar-refractivity contribution >= 4 is 11.6 Å². The van der Waals surface area contributed by atoms with Crippen molar-refractivity contribution in [3.05, 3.63) is 29.3 Å². The summed E-state index contributed by atoms with van der Waals surface area (Å²) in [6.07, 6.45) is 1.02. The number of methoxy groups -OCH3 is 1. The van der Waals surface area contributed by atoms with Crippen molar-refractivity contribution < 1.29 is 14.2 Å². The first-order valence-electron chi connectivity index (χ1n) is 6.48. The van der Waals surface area contributed by atoms with E-state index >= 15 is 0 Å². The molecule has 0 aliphatic heterocycles. The molecule has 0 aliphatic rings. The van der Waals surface area contributed by atoms with Gasteiger partial charge in [0.2, 0.25) is 0 Å². The SMILES string of the molecule is COCCCNCCOCCOc1cccc(Cl)c1. The van der Waals surface area contributed by atoms with Crippen molar-refractivity contribution in [1.82, 2.24) is 5.32 Å². The summed E-state index contributed by atoms with van der Waals surface area (Å²) in [6.45, 7) is 4.39. The van der Waals surface area contributed by atoms with Gasteiger partial charge in [-0.15, -0.1) is 0 Å². The quantitative estimate of drug-likeness (QED) is 0.634. The van der Waals surface area contributed by atoms with Gasteiger partial charge in [-0.3, -0.25) is 0 Å². The molecule has 0 amide bonds. The Bertz CT molecular complexity index is 336. The summed E-state index contributed by atoms with van der Waals surface area (Å²) in [6, 6.07) is 7.35. The summed E-state index contributed by atoms with van der Waals surface area (Å²) in [4.78, 5) is 0. The minimum Gasteiger partial charge on any atom is -0.491 e. The highest BCUT2D eigenvalue weighted by molar-refractivity contribution is 6.30. The normalized spacial score (nSPS) is 10.6. The van der Waals surface area contributed by atoms with E-state index in [0.29, 0.717) is 24.8 Å². The lowest BCUT2D eigenvalue weighted by atomic mass is 10.3. The van der Waals surface area contributed by atoms with Crippen molar-refractivity contribution in [2.45, 2.75) is 6.42 Å². The molecule has 0 unspecified atom stereocenters. The van der Waals surface area contributed by atoms with Crippen LogP contribution in [0.5, 0.6) is 5.75 Å². The maximum atomic E-state index is 5.85. The van der Waals surface area contributed by atoms with E-state index in [1.165, 1.54) is 0 Å². The van der Waals surface area contributed by atoms with Gasteiger partial charge in [0.1, 0.15) is 12.4 Å². The van der Waals surface area contributed by atoms with Crippen LogP contribution in [0.15, 0.2) is 24.3 Å². The first-order valence-corrected chi connectivity index (χ1v) is 6.86. The number of hydrogen-bond donors (Lipinski definition) is 1. The van der Waals surface area contributed by atoms with Gasteiger partial charge in [0.05, 0.1) is 13.2 Å². The molecule has 0 saturated carbocycles. The van der Waals surface area contributed by atoms with E-state index in [0.717, 1.165) is 31.9 Å². The summed E-state index contributed by atoms with van der Waals surface area (Å²) in [5.41, 5.74) is 0. The number of rotatable bonds is 11. The summed E-state index contributed by atoms with van der Waals surface area (Å²) in [7, 11) is 1.71. The van der Waals surface area contributed by atoms with Gasteiger partial charge < -0.3 is 19.5 Å². The van der Waals surface area contributed by atoms with Gasteiger partial charge in [0, 0.05) is 25.3 Å². The van der Waals surface area contributed by atoms with E-state index in [1.54, 1.807) is 13.2 Å². The predicted octanol–water partition coefficient (Wildman–Crippen LogP) is 2.36. The Kier molecular flexibility index (Phi) is 9.45. The first kappa shape index (κ1) is 16.2. The van der Waals surface area contributed by atoms with E-state index in [9.17, 15) is 0 Å². The molecule has 108 valence electrons. The van der Waals surface area contributed by atoms with Crippen molar-refractivity contribution in [2.24, 2.45) is 0 Å². The molecule has 0 bridgehead atoms. The van der Waals surface area contributed by atoms with Crippen LogP contribution in [0.25, 0.3) is 0 Å². The van der Waals surface area contributed by atoms with E-state index in [1.807, 2.05) is 18.2 Å². The molecular formula is C14H22ClNO3. The Morgan fingerprint density at radius 2 is 2.00 bits per heavy atom. The number of halogens is 1. The van der Waals surface area contributed by atoms with Crippen LogP contribution in [-0.4, -0.2) is 46.6 Å². The molecule has 0 aromatic heterocycles. The minimum atomic E-state index is 0.532. The van der Waals surface area contributed by atoms with Gasteiger partial charge in [-0.2, -0.15) is 0 Å². The highest BCUT2D eigenvalue weighted by Crippen LogP contribution is 2.16. The molecule has 5 heteroatoms. The summed E-state index contributed by atoms with van der Waals surface area (Å²) in [5.74, 6) is 0.772. The van der Waals surface area contributed by atoms with Gasteiger partial charge in [0.15, 0.2) is 0 Å². The van der Waals surface area contributed by atoms with Gasteiger partial charge in [-0.05, 0) is 31.2 Å². The minimum absolute atomic E-state index is 0.532. The van der Waals surface area contributed by atoms with E-state index in [4.69, 9.17) is 25.8 Å². The second kappa shape index (κ2) is 11.1. The van der Waals surface area contributed by atoms with Crippen molar-refractivity contribution in [2.75, 3.05) is 46.6 Å². The molecule has 1 aromatic rings. The van der Waals surface area contributed by atoms with Gasteiger partial charge >= 0.3 is 0 Å². The third-order valence-corrected chi connectivity index (χ3v) is 2.65. The molecule has 0 radical (unpaired) electrons. The Morgan fingerprint density at radius 3 is 2.79 bits per heavy atom. The standard InChI is InChI=1S/C14H22ClNO3/c1-17-8-3-6-16-7-9-18-10-11-19-14-5-2-4-13(15)12-14/h2,4-5,12,16H,3,6-11H2,1H3. The highest BCUT2D eigenvalue weighted by atomic mass is 35.5. The lowest BCUT2D eigenvalue weighted by molar-refractivity contribution is 0.101. The highest BCUT2D eigenvalue weighted by Gasteiger charge is 1.95. The van der Waals surface area contributed by atoms with Gasteiger partial charge in [0.25, 0.3) is 0 Å². The zero-order chi connectivity index (χ0) is 13.8. The molecule has 0 saturated heterocycles. The maximum absolute atomic E-state index is 5.85. The second-order valence-electron chi connectivity index (χ2n) is 4.01. The molecular weight excluding hydrogens is 266 g/mol. The van der Waals surface area contributed by atoms with Gasteiger partial charge in [-0.1, -0.05) is 17.7 Å². The van der Waals surface area contributed by atoms with E-state index < -0.39 is 0 Å². The summed E-state index contributed by atoms with van der Waals surface area (Å²) >= 11 is 5.85. The van der Waals surface area contributed by atoms with Crippen LogP contribution in [0.3, 0.4) is 0 Å². The summed E-state index contributed by atoms with van der Waals surface area (Å²) < 4.78 is 15.9. The third kappa shape index (κ3) is 8.83. The van der Waals surface area contributed by atoms with Crippen LogP contribution in [0.2, 0.25) is 5.02 Å². The number of benzene rings is 1. The van der Waals surface area contributed by atoms with E-state index in [-0.39, 0.29) is 0 Å². The van der Waals surface area contributed by atoms with Crippen LogP contribution in [-0.2, 0) is 9.47 Å². The molecule has 0 aliphatic carbocycles. The first-order chi connectivity index (χ1) is 9.33. The van der Waals surface area contributed by atoms with Crippen LogP contribution in [0.4, 0.5) is 0 Å². The number of hydrogen-bond acceptors (Lipinski definition) is 4. The third-order valence-electron chi connectivity index (χ3n) is 2.42. The van der Waals surface area contributed by atoms with Crippen molar-refractivity contribution in [1.29, 1.82) is 0 Å². The molecule has 1 aromatic carbocycles. The van der Waals surface area contributed by atoms with Gasteiger partial charge in [-0.25, -0.2) is 0 Å². The summed E-state index contributed by atoms with van der Waals surface area (Å²) in [5, 5.41) is 3.95. The van der Waals surface area contributed by atoms with Crippen LogP contribution in [0, 0.1) is 0 Å². The second-order valence-corrected chi connectivity index (χ2v) is 4.45. The fourth-order valence-electron chi connectivity index (χ4n) is 1.49. The fourth-order valence-corrected chi connectivity index (χ4v) is 1.67. The molecule has 0 atom stereocenters. The molecule has 4 nitrogen and oxygen atoms in total. The lowest BCUT2D eigenvalue weighted by Crippen LogP contribution is -2.22. The maximum Gasteiger partial charge on any atom is 0.120 e. The van der Waals surface area contributed by atoms with E-state index in [2.05, 4.69) is 5.32 Å². The molecule has 1 rings (SSSR count). The van der Waals surface area contributed by atoms with Crippen LogP contribution >= 0.6 is 11.6 Å². The lowest BCUT2D eigenvalue weighted by Gasteiger charge is -2.08. The number of ether oxygens (including phenoxy) is 3. The van der Waals surface area contributed by atoms with Crippen molar-refractivity contribution in [3.63, 3.8) is 0 Å². The average molecular weight is 288 g/mol. The molecule has 1 N–H and O–H groups in total. The zero-order valence-electron chi connectivity index (χ0n) is 11.4. The smallest absolute Gasteiger partial charge is 0.120 e. The van der Waals surface area contributed by atoms with Crippen LogP contribution < -0.4 is 10.1 Å². The predicted molar refractivity (Wildman–Crippen MR) is 77.1 cm³/mol. The Balaban J connectivity index is 1.89. The average Bonchev–Trinajstić information content (AvgIpc) is 2.41. The van der Waals surface area contributed by atoms with Crippen molar-refractivity contribution in [3.8, 4) is 5.75 Å². The topological polar surface area (TPSA) is 39.7 Å². The molecule has 0 fully saturated rings. The monoisotopic (exact) mass is 287 g/mol. The number of nitrogens with one attached hydrogen (secondary N) is 1. The Labute approximate surface area is 120 Å². The molecule has 0 spiro atoms. The van der Waals surface area contributed by atoms with Crippen LogP contribution in [0.1, 0.15) is 6.42 Å². The molecule has 0 heterocycles. The Hall–Kier alpha value is -0.810. The zero-order valence-corrected chi connectivity index (χ0v) is 12.1.